The Bertz CT molecular complexity index is 794. The Hall–Kier alpha value is -2.73. The van der Waals surface area contributed by atoms with Crippen molar-refractivity contribution < 1.29 is 18.7 Å². The van der Waals surface area contributed by atoms with Crippen LogP contribution in [0.15, 0.2) is 54.6 Å². The van der Waals surface area contributed by atoms with Crippen LogP contribution < -0.4 is 5.32 Å². The van der Waals surface area contributed by atoms with Gasteiger partial charge in [0.25, 0.3) is 0 Å². The van der Waals surface area contributed by atoms with Crippen molar-refractivity contribution >= 4 is 11.8 Å². The van der Waals surface area contributed by atoms with Gasteiger partial charge in [0.15, 0.2) is 0 Å². The maximum Gasteiger partial charge on any atom is 0.247 e. The van der Waals surface area contributed by atoms with Crippen molar-refractivity contribution in [1.82, 2.24) is 10.2 Å². The predicted octanol–water partition coefficient (Wildman–Crippen LogP) is 4.24. The van der Waals surface area contributed by atoms with E-state index in [-0.39, 0.29) is 36.7 Å². The first-order valence-electron chi connectivity index (χ1n) is 10.4. The fourth-order valence-electron chi connectivity index (χ4n) is 3.12. The smallest absolute Gasteiger partial charge is 0.247 e. The van der Waals surface area contributed by atoms with E-state index >= 15 is 0 Å². The lowest BCUT2D eigenvalue weighted by atomic mass is 10.0. The largest absolute Gasteiger partial charge is 0.379 e. The van der Waals surface area contributed by atoms with Gasteiger partial charge in [0, 0.05) is 26.1 Å². The molecule has 0 spiro atoms. The van der Waals surface area contributed by atoms with Gasteiger partial charge < -0.3 is 15.0 Å². The molecule has 1 N–H and O–H groups in total. The molecule has 0 radical (unpaired) electrons. The second-order valence-electron chi connectivity index (χ2n) is 7.38. The zero-order chi connectivity index (χ0) is 21.9. The highest BCUT2D eigenvalue weighted by atomic mass is 19.1. The molecule has 0 bridgehead atoms. The van der Waals surface area contributed by atoms with E-state index in [2.05, 4.69) is 5.32 Å². The minimum Gasteiger partial charge on any atom is -0.379 e. The summed E-state index contributed by atoms with van der Waals surface area (Å²) in [6.07, 6.45) is 1.09. The predicted molar refractivity (Wildman–Crippen MR) is 115 cm³/mol. The molecule has 0 saturated carbocycles. The highest BCUT2D eigenvalue weighted by Gasteiger charge is 2.30. The number of nitrogens with one attached hydrogen (secondary N) is 1. The van der Waals surface area contributed by atoms with Gasteiger partial charge in [-0.2, -0.15) is 0 Å². The first-order chi connectivity index (χ1) is 14.4. The molecule has 0 aliphatic carbocycles. The molecule has 1 atom stereocenters. The SMILES string of the molecule is CCC(=O)N(Cc1ccc(F)cc1)[C@@H](C(=O)NCCCOC(C)C)c1ccccc1. The Morgan fingerprint density at radius 3 is 2.33 bits per heavy atom. The van der Waals surface area contributed by atoms with E-state index in [1.165, 1.54) is 12.1 Å². The molecule has 0 heterocycles. The van der Waals surface area contributed by atoms with Gasteiger partial charge in [0.1, 0.15) is 11.9 Å². The van der Waals surface area contributed by atoms with Crippen LogP contribution in [0.1, 0.15) is 50.8 Å². The molecule has 0 saturated heterocycles. The summed E-state index contributed by atoms with van der Waals surface area (Å²) >= 11 is 0. The maximum absolute atomic E-state index is 13.3. The number of hydrogen-bond acceptors (Lipinski definition) is 3. The molecule has 2 aromatic rings. The Morgan fingerprint density at radius 2 is 1.73 bits per heavy atom. The van der Waals surface area contributed by atoms with Crippen molar-refractivity contribution in [2.24, 2.45) is 0 Å². The van der Waals surface area contributed by atoms with E-state index in [1.54, 1.807) is 24.0 Å². The topological polar surface area (TPSA) is 58.6 Å². The van der Waals surface area contributed by atoms with Crippen molar-refractivity contribution in [2.45, 2.75) is 52.3 Å². The van der Waals surface area contributed by atoms with Crippen LogP contribution in [0.5, 0.6) is 0 Å². The quantitative estimate of drug-likeness (QED) is 0.560. The van der Waals surface area contributed by atoms with Crippen LogP contribution in [-0.2, 0) is 20.9 Å². The van der Waals surface area contributed by atoms with Gasteiger partial charge in [-0.25, -0.2) is 4.39 Å². The van der Waals surface area contributed by atoms with E-state index in [4.69, 9.17) is 4.74 Å². The van der Waals surface area contributed by atoms with Gasteiger partial charge in [-0.3, -0.25) is 9.59 Å². The number of carbonyl (C=O) groups is 2. The number of halogens is 1. The number of ether oxygens (including phenoxy) is 1. The molecule has 0 unspecified atom stereocenters. The lowest BCUT2D eigenvalue weighted by molar-refractivity contribution is -0.141. The van der Waals surface area contributed by atoms with E-state index < -0.39 is 6.04 Å². The molecule has 5 nitrogen and oxygen atoms in total. The van der Waals surface area contributed by atoms with Crippen LogP contribution in [0.3, 0.4) is 0 Å². The highest BCUT2D eigenvalue weighted by Crippen LogP contribution is 2.24. The monoisotopic (exact) mass is 414 g/mol. The third kappa shape index (κ3) is 7.26. The Balaban J connectivity index is 2.22. The van der Waals surface area contributed by atoms with Gasteiger partial charge in [-0.05, 0) is 43.5 Å². The standard InChI is InChI=1S/C24H31FN2O3/c1-4-22(28)27(17-19-11-13-21(25)14-12-19)23(20-9-6-5-7-10-20)24(29)26-15-8-16-30-18(2)3/h5-7,9-14,18,23H,4,8,15-17H2,1-3H3,(H,26,29)/t23-/m1/s1. The zero-order valence-corrected chi connectivity index (χ0v) is 17.9. The number of nitrogens with zero attached hydrogens (tertiary/aromatic N) is 1. The second kappa shape index (κ2) is 12.1. The van der Waals surface area contributed by atoms with E-state index in [9.17, 15) is 14.0 Å². The molecule has 2 amide bonds. The molecular weight excluding hydrogens is 383 g/mol. The lowest BCUT2D eigenvalue weighted by Gasteiger charge is -2.31. The van der Waals surface area contributed by atoms with E-state index in [0.717, 1.165) is 11.1 Å². The summed E-state index contributed by atoms with van der Waals surface area (Å²) in [5.74, 6) is -0.728. The molecule has 0 aromatic heterocycles. The number of carbonyl (C=O) groups excluding carboxylic acids is 2. The fourth-order valence-corrected chi connectivity index (χ4v) is 3.12. The highest BCUT2D eigenvalue weighted by molar-refractivity contribution is 5.88. The average Bonchev–Trinajstić information content (AvgIpc) is 2.74. The molecule has 0 aliphatic heterocycles. The minimum absolute atomic E-state index is 0.145. The van der Waals surface area contributed by atoms with Crippen LogP contribution in [0.25, 0.3) is 0 Å². The number of amides is 2. The summed E-state index contributed by atoms with van der Waals surface area (Å²) < 4.78 is 18.8. The van der Waals surface area contributed by atoms with Gasteiger partial charge in [-0.15, -0.1) is 0 Å². The third-order valence-corrected chi connectivity index (χ3v) is 4.64. The van der Waals surface area contributed by atoms with Crippen molar-refractivity contribution in [2.75, 3.05) is 13.2 Å². The summed E-state index contributed by atoms with van der Waals surface area (Å²) in [6.45, 7) is 6.93. The van der Waals surface area contributed by atoms with Crippen molar-refractivity contribution in [1.29, 1.82) is 0 Å². The van der Waals surface area contributed by atoms with Crippen molar-refractivity contribution in [3.05, 3.63) is 71.5 Å². The molecule has 162 valence electrons. The Morgan fingerprint density at radius 1 is 1.07 bits per heavy atom. The van der Waals surface area contributed by atoms with E-state index in [0.29, 0.717) is 19.6 Å². The molecule has 2 aromatic carbocycles. The molecule has 30 heavy (non-hydrogen) atoms. The summed E-state index contributed by atoms with van der Waals surface area (Å²) in [7, 11) is 0. The first-order valence-corrected chi connectivity index (χ1v) is 10.4. The van der Waals surface area contributed by atoms with Gasteiger partial charge in [0.05, 0.1) is 6.10 Å². The Kier molecular flexibility index (Phi) is 9.48. The second-order valence-corrected chi connectivity index (χ2v) is 7.38. The van der Waals surface area contributed by atoms with Crippen LogP contribution in [-0.4, -0.2) is 36.0 Å². The van der Waals surface area contributed by atoms with Crippen LogP contribution in [0, 0.1) is 5.82 Å². The van der Waals surface area contributed by atoms with Crippen LogP contribution >= 0.6 is 0 Å². The normalized spacial score (nSPS) is 11.9. The van der Waals surface area contributed by atoms with Crippen molar-refractivity contribution in [3.63, 3.8) is 0 Å². The molecule has 2 rings (SSSR count). The third-order valence-electron chi connectivity index (χ3n) is 4.64. The molecule has 0 aliphatic rings. The molecule has 0 fully saturated rings. The first kappa shape index (κ1) is 23.5. The van der Waals surface area contributed by atoms with Gasteiger partial charge in [0.2, 0.25) is 11.8 Å². The average molecular weight is 415 g/mol. The molecular formula is C24H31FN2O3. The fraction of sp³-hybridized carbons (Fsp3) is 0.417. The number of hydrogen-bond donors (Lipinski definition) is 1. The summed E-state index contributed by atoms with van der Waals surface area (Å²) in [5, 5.41) is 2.94. The summed E-state index contributed by atoms with van der Waals surface area (Å²) in [5.41, 5.74) is 1.50. The zero-order valence-electron chi connectivity index (χ0n) is 17.9. The number of rotatable bonds is 11. The number of benzene rings is 2. The maximum atomic E-state index is 13.3. The van der Waals surface area contributed by atoms with Gasteiger partial charge in [-0.1, -0.05) is 49.4 Å². The van der Waals surface area contributed by atoms with Crippen LogP contribution in [0.4, 0.5) is 4.39 Å². The van der Waals surface area contributed by atoms with Gasteiger partial charge >= 0.3 is 0 Å². The minimum atomic E-state index is -0.769. The molecule has 6 heteroatoms. The summed E-state index contributed by atoms with van der Waals surface area (Å²) in [4.78, 5) is 27.5. The Labute approximate surface area is 178 Å². The lowest BCUT2D eigenvalue weighted by Crippen LogP contribution is -2.43. The van der Waals surface area contributed by atoms with E-state index in [1.807, 2.05) is 44.2 Å². The summed E-state index contributed by atoms with van der Waals surface area (Å²) in [6, 6.07) is 14.5. The van der Waals surface area contributed by atoms with Crippen LogP contribution in [0.2, 0.25) is 0 Å². The van der Waals surface area contributed by atoms with Crippen molar-refractivity contribution in [3.8, 4) is 0 Å².